The Balaban J connectivity index is 3.69. The lowest BCUT2D eigenvalue weighted by Crippen LogP contribution is -2.38. The Morgan fingerprint density at radius 1 is 1.10 bits per heavy atom. The Morgan fingerprint density at radius 2 is 1.60 bits per heavy atom. The fraction of sp³-hybridized carbons (Fsp3) is 1.00. The molecule has 0 fully saturated rings. The molecule has 0 heterocycles. The predicted octanol–water partition coefficient (Wildman–Crippen LogP) is -1.53. The molecule has 4 nitrogen and oxygen atoms in total. The monoisotopic (exact) mass is 150 g/mol. The van der Waals surface area contributed by atoms with E-state index in [9.17, 15) is 0 Å². The van der Waals surface area contributed by atoms with Gasteiger partial charge < -0.3 is 20.4 Å². The molecule has 0 aromatic heterocycles. The first-order valence-electron chi connectivity index (χ1n) is 3.28. The van der Waals surface area contributed by atoms with E-state index >= 15 is 0 Å². The summed E-state index contributed by atoms with van der Waals surface area (Å²) in [6.45, 7) is 1.15. The number of rotatable bonds is 4. The maximum atomic E-state index is 8.93. The highest BCUT2D eigenvalue weighted by Crippen LogP contribution is 2.02. The topological polar surface area (TPSA) is 80.9 Å². The summed E-state index contributed by atoms with van der Waals surface area (Å²) >= 11 is 0. The van der Waals surface area contributed by atoms with Crippen molar-refractivity contribution in [3.8, 4) is 0 Å². The van der Waals surface area contributed by atoms with Crippen LogP contribution in [0.3, 0.4) is 0 Å². The molecule has 0 saturated carbocycles. The molecule has 4 N–H and O–H groups in total. The van der Waals surface area contributed by atoms with Gasteiger partial charge in [0.15, 0.2) is 0 Å². The molecule has 0 aliphatic heterocycles. The second-order valence-corrected chi connectivity index (χ2v) is 2.22. The van der Waals surface area contributed by atoms with Crippen LogP contribution in [0, 0.1) is 0 Å². The van der Waals surface area contributed by atoms with Crippen LogP contribution in [0.5, 0.6) is 0 Å². The van der Waals surface area contributed by atoms with E-state index in [0.29, 0.717) is 6.42 Å². The smallest absolute Gasteiger partial charge is 0.108 e. The van der Waals surface area contributed by atoms with Gasteiger partial charge in [-0.15, -0.1) is 0 Å². The van der Waals surface area contributed by atoms with Crippen molar-refractivity contribution in [2.45, 2.75) is 31.7 Å². The van der Waals surface area contributed by atoms with Gasteiger partial charge in [-0.05, 0) is 6.42 Å². The minimum atomic E-state index is -1.24. The van der Waals surface area contributed by atoms with Gasteiger partial charge in [-0.1, -0.05) is 6.92 Å². The molecular weight excluding hydrogens is 136 g/mol. The molecule has 10 heavy (non-hydrogen) atoms. The first kappa shape index (κ1) is 9.84. The second-order valence-electron chi connectivity index (χ2n) is 2.22. The Hall–Kier alpha value is -0.160. The van der Waals surface area contributed by atoms with Crippen molar-refractivity contribution >= 4 is 0 Å². The Labute approximate surface area is 59.7 Å². The average Bonchev–Trinajstić information content (AvgIpc) is 2.00. The summed E-state index contributed by atoms with van der Waals surface area (Å²) in [4.78, 5) is 0. The molecule has 0 aliphatic rings. The lowest BCUT2D eigenvalue weighted by atomic mass is 10.1. The Morgan fingerprint density at radius 3 is 1.90 bits per heavy atom. The molecule has 0 amide bonds. The van der Waals surface area contributed by atoms with Crippen LogP contribution in [0.2, 0.25) is 0 Å². The molecule has 0 aliphatic carbocycles. The van der Waals surface area contributed by atoms with Crippen molar-refractivity contribution < 1.29 is 20.4 Å². The normalized spacial score (nSPS) is 20.1. The van der Waals surface area contributed by atoms with Gasteiger partial charge >= 0.3 is 0 Å². The zero-order valence-electron chi connectivity index (χ0n) is 5.94. The largest absolute Gasteiger partial charge is 0.394 e. The minimum Gasteiger partial charge on any atom is -0.394 e. The summed E-state index contributed by atoms with van der Waals surface area (Å²) < 4.78 is 0. The fourth-order valence-corrected chi connectivity index (χ4v) is 0.606. The van der Waals surface area contributed by atoms with Gasteiger partial charge in [-0.3, -0.25) is 0 Å². The van der Waals surface area contributed by atoms with Crippen LogP contribution < -0.4 is 0 Å². The van der Waals surface area contributed by atoms with E-state index in [1.165, 1.54) is 0 Å². The van der Waals surface area contributed by atoms with Crippen molar-refractivity contribution in [2.24, 2.45) is 0 Å². The van der Waals surface area contributed by atoms with E-state index in [4.69, 9.17) is 20.4 Å². The summed E-state index contributed by atoms with van der Waals surface area (Å²) in [7, 11) is 0. The molecule has 0 spiro atoms. The van der Waals surface area contributed by atoms with Crippen molar-refractivity contribution in [3.63, 3.8) is 0 Å². The van der Waals surface area contributed by atoms with Crippen molar-refractivity contribution in [3.05, 3.63) is 0 Å². The first-order valence-corrected chi connectivity index (χ1v) is 3.28. The van der Waals surface area contributed by atoms with Crippen molar-refractivity contribution in [1.82, 2.24) is 0 Å². The first-order chi connectivity index (χ1) is 4.63. The van der Waals surface area contributed by atoms with Gasteiger partial charge in [0.2, 0.25) is 0 Å². The van der Waals surface area contributed by atoms with Gasteiger partial charge in [0.25, 0.3) is 0 Å². The van der Waals surface area contributed by atoms with Crippen LogP contribution in [0.25, 0.3) is 0 Å². The van der Waals surface area contributed by atoms with E-state index < -0.39 is 24.9 Å². The van der Waals surface area contributed by atoms with Gasteiger partial charge in [0.05, 0.1) is 12.7 Å². The third kappa shape index (κ3) is 2.62. The van der Waals surface area contributed by atoms with Gasteiger partial charge in [-0.2, -0.15) is 0 Å². The highest BCUT2D eigenvalue weighted by Gasteiger charge is 2.21. The molecule has 62 valence electrons. The summed E-state index contributed by atoms with van der Waals surface area (Å²) in [5.41, 5.74) is 0. The fourth-order valence-electron chi connectivity index (χ4n) is 0.606. The standard InChI is InChI=1S/C6H14O4/c1-2-4(8)6(10)5(9)3-7/h4-10H,2-3H2,1H3/t4-,5-,6+/m0/s1. The molecule has 0 saturated heterocycles. The van der Waals surface area contributed by atoms with Crippen LogP contribution in [-0.2, 0) is 0 Å². The Bertz CT molecular complexity index is 75.8. The summed E-state index contributed by atoms with van der Waals surface area (Å²) in [5, 5.41) is 34.9. The van der Waals surface area contributed by atoms with E-state index in [2.05, 4.69) is 0 Å². The van der Waals surface area contributed by atoms with E-state index in [1.807, 2.05) is 0 Å². The summed E-state index contributed by atoms with van der Waals surface area (Å²) in [5.74, 6) is 0. The number of hydrogen-bond acceptors (Lipinski definition) is 4. The third-order valence-electron chi connectivity index (χ3n) is 1.39. The second kappa shape index (κ2) is 4.62. The number of aliphatic hydroxyl groups is 4. The SMILES string of the molecule is CC[C@H](O)[C@@H](O)[C@@H](O)CO. The highest BCUT2D eigenvalue weighted by atomic mass is 16.4. The zero-order chi connectivity index (χ0) is 8.15. The average molecular weight is 150 g/mol. The Kier molecular flexibility index (Phi) is 4.55. The molecule has 0 radical (unpaired) electrons. The van der Waals surface area contributed by atoms with Crippen molar-refractivity contribution in [2.75, 3.05) is 6.61 Å². The van der Waals surface area contributed by atoms with E-state index in [0.717, 1.165) is 0 Å². The van der Waals surface area contributed by atoms with Crippen LogP contribution in [0.15, 0.2) is 0 Å². The van der Waals surface area contributed by atoms with Crippen LogP contribution >= 0.6 is 0 Å². The van der Waals surface area contributed by atoms with E-state index in [1.54, 1.807) is 6.92 Å². The minimum absolute atomic E-state index is 0.359. The summed E-state index contributed by atoms with van der Waals surface area (Å²) in [6.07, 6.45) is -3.08. The van der Waals surface area contributed by atoms with Gasteiger partial charge in [-0.25, -0.2) is 0 Å². The maximum absolute atomic E-state index is 8.93. The maximum Gasteiger partial charge on any atom is 0.108 e. The quantitative estimate of drug-likeness (QED) is 0.392. The van der Waals surface area contributed by atoms with Crippen LogP contribution in [-0.4, -0.2) is 45.3 Å². The van der Waals surface area contributed by atoms with Crippen LogP contribution in [0.4, 0.5) is 0 Å². The molecule has 0 aromatic rings. The molecule has 4 heteroatoms. The zero-order valence-corrected chi connectivity index (χ0v) is 5.94. The number of aliphatic hydroxyl groups excluding tert-OH is 4. The van der Waals surface area contributed by atoms with Gasteiger partial charge in [0, 0.05) is 0 Å². The molecule has 3 atom stereocenters. The molecule has 0 aromatic carbocycles. The lowest BCUT2D eigenvalue weighted by Gasteiger charge is -2.19. The molecular formula is C6H14O4. The highest BCUT2D eigenvalue weighted by molar-refractivity contribution is 4.72. The van der Waals surface area contributed by atoms with Crippen molar-refractivity contribution in [1.29, 1.82) is 0 Å². The van der Waals surface area contributed by atoms with Crippen LogP contribution in [0.1, 0.15) is 13.3 Å². The number of hydrogen-bond donors (Lipinski definition) is 4. The molecule has 0 rings (SSSR count). The molecule has 0 bridgehead atoms. The lowest BCUT2D eigenvalue weighted by molar-refractivity contribution is -0.0767. The summed E-state index contributed by atoms with van der Waals surface area (Å²) in [6, 6.07) is 0. The molecule has 0 unspecified atom stereocenters. The third-order valence-corrected chi connectivity index (χ3v) is 1.39. The van der Waals surface area contributed by atoms with Gasteiger partial charge in [0.1, 0.15) is 12.2 Å². The van der Waals surface area contributed by atoms with E-state index in [-0.39, 0.29) is 0 Å². The predicted molar refractivity (Wildman–Crippen MR) is 35.4 cm³/mol.